The molecule has 22 nitrogen and oxygen atoms in total. The summed E-state index contributed by atoms with van der Waals surface area (Å²) < 4.78 is 15.2. The van der Waals surface area contributed by atoms with Crippen LogP contribution in [0.3, 0.4) is 0 Å². The van der Waals surface area contributed by atoms with Crippen LogP contribution in [0.25, 0.3) is 0 Å². The molecule has 11 atom stereocenters. The van der Waals surface area contributed by atoms with Gasteiger partial charge in [0.1, 0.15) is 16.8 Å². The molecule has 4 saturated heterocycles. The van der Waals surface area contributed by atoms with Crippen LogP contribution >= 0.6 is 0 Å². The number of nitrogens with zero attached hydrogens (tertiary/aromatic N) is 6. The number of amides is 3. The summed E-state index contributed by atoms with van der Waals surface area (Å²) in [6, 6.07) is 1.86. The van der Waals surface area contributed by atoms with E-state index in [4.69, 9.17) is 34.6 Å². The molecule has 0 aromatic carbocycles. The van der Waals surface area contributed by atoms with Gasteiger partial charge in [0.15, 0.2) is 0 Å². The molecule has 0 aromatic rings. The first-order valence-corrected chi connectivity index (χ1v) is 34.0. The summed E-state index contributed by atoms with van der Waals surface area (Å²) in [5.41, 5.74) is -1.37. The number of ether oxygens (including phenoxy) is 3. The SMILES string of the molecule is CC(C)(C)OC(=O)N1CC[C@@H](O)C1.CC(C)(C)OC(=O)NCCCO.CC(C)(C)OC(=O)NC[C@H]1CCCC[C@H]1O.CC1CCC[C@H](CO)[C@H]1N(C)C.CC1CCC[C@H](O)[C@H]1N(C)C.CN1CCC(O)CC1.CN1CCCC1CO.CN1CCCCC1CO. The monoisotopic (exact) mass is 1280 g/mol. The van der Waals surface area contributed by atoms with Crippen molar-refractivity contribution in [1.82, 2.24) is 40.0 Å². The van der Waals surface area contributed by atoms with Gasteiger partial charge >= 0.3 is 18.3 Å². The van der Waals surface area contributed by atoms with Crippen molar-refractivity contribution in [3.63, 3.8) is 0 Å². The van der Waals surface area contributed by atoms with Crippen molar-refractivity contribution in [3.8, 4) is 0 Å². The topological polar surface area (TPSA) is 284 Å². The molecule has 4 heterocycles. The van der Waals surface area contributed by atoms with Crippen molar-refractivity contribution in [1.29, 1.82) is 0 Å². The standard InChI is InChI=1S/C12H23NO3.C10H21NO.C9H17NO3.C9H19NO.C8H17NO3.C7H15NO.2C6H13NO/c1-12(2,3)16-11(15)13-8-9-6-4-5-7-10(9)14;1-8-5-4-6-9(7-12)10(8)11(2)3;1-9(2,3)13-8(12)10-5-4-7(11)6-10;1-7-5-4-6-8(11)9(7)10(2)3;1-8(2,3)12-7(11)9-5-4-6-10;1-8-5-3-2-4-7(8)6-9;1-7-4-2-6(8)3-5-7;1-7-4-2-3-6(7)5-8/h9-10,14H,4-8H2,1-3H3,(H,13,15);8-10,12H,4-7H2,1-3H3;7,11H,4-6H2,1-3H3;7-9,11H,4-6H2,1-3H3;10H,4-6H2,1-3H3,(H,9,11);7,9H,2-6H2,1H3;2*6,8H,2-5H2,1H3/t9-,10-;8?,9-,10+;7-;7?,8-,9-;;;;/m1110..../s1. The molecular formula is C67H138N8O14. The molecular weight excluding hydrogens is 1140 g/mol. The van der Waals surface area contributed by atoms with Crippen LogP contribution in [-0.4, -0.2) is 282 Å². The molecule has 22 heteroatoms. The largest absolute Gasteiger partial charge is 0.444 e. The molecule has 0 radical (unpaired) electrons. The predicted molar refractivity (Wildman–Crippen MR) is 357 cm³/mol. The molecule has 7 aliphatic rings. The van der Waals surface area contributed by atoms with E-state index >= 15 is 0 Å². The van der Waals surface area contributed by atoms with Crippen LogP contribution in [0.5, 0.6) is 0 Å². The molecule has 89 heavy (non-hydrogen) atoms. The van der Waals surface area contributed by atoms with E-state index in [2.05, 4.69) is 98.3 Å². The Kier molecular flexibility index (Phi) is 45.0. The molecule has 0 aromatic heterocycles. The summed E-state index contributed by atoms with van der Waals surface area (Å²) in [6.07, 6.45) is 18.6. The fourth-order valence-electron chi connectivity index (χ4n) is 12.2. The van der Waals surface area contributed by atoms with E-state index in [0.29, 0.717) is 94.8 Å². The van der Waals surface area contributed by atoms with Crippen LogP contribution in [0.2, 0.25) is 0 Å². The van der Waals surface area contributed by atoms with Gasteiger partial charge in [-0.05, 0) is 232 Å². The average molecular weight is 1280 g/mol. The minimum atomic E-state index is -0.463. The Morgan fingerprint density at radius 3 is 1.31 bits per heavy atom. The maximum absolute atomic E-state index is 11.4. The quantitative estimate of drug-likeness (QED) is 0.0779. The fourth-order valence-corrected chi connectivity index (χ4v) is 12.2. The van der Waals surface area contributed by atoms with E-state index in [9.17, 15) is 34.8 Å². The molecule has 7 fully saturated rings. The number of likely N-dealkylation sites (tertiary alicyclic amines) is 4. The van der Waals surface area contributed by atoms with Gasteiger partial charge < -0.3 is 95.1 Å². The Morgan fingerprint density at radius 1 is 0.483 bits per heavy atom. The van der Waals surface area contributed by atoms with Crippen molar-refractivity contribution in [2.75, 3.05) is 128 Å². The predicted octanol–water partition coefficient (Wildman–Crippen LogP) is 7.00. The summed E-state index contributed by atoms with van der Waals surface area (Å²) in [7, 11) is 14.6. The Bertz CT molecular complexity index is 1780. The highest BCUT2D eigenvalue weighted by atomic mass is 16.6. The lowest BCUT2D eigenvalue weighted by molar-refractivity contribution is 0.0138. The highest BCUT2D eigenvalue weighted by Gasteiger charge is 2.33. The number of carbonyl (C=O) groups excluding carboxylic acids is 3. The molecule has 7 rings (SSSR count). The normalized spacial score (nSPS) is 27.8. The maximum atomic E-state index is 11.4. The van der Waals surface area contributed by atoms with Gasteiger partial charge in [-0.2, -0.15) is 0 Å². The van der Waals surface area contributed by atoms with E-state index in [1.165, 1.54) is 69.1 Å². The molecule has 4 unspecified atom stereocenters. The van der Waals surface area contributed by atoms with Crippen molar-refractivity contribution >= 4 is 18.3 Å². The van der Waals surface area contributed by atoms with E-state index in [-0.39, 0.29) is 43.0 Å². The van der Waals surface area contributed by atoms with E-state index in [1.807, 2.05) is 41.5 Å². The van der Waals surface area contributed by atoms with Crippen LogP contribution in [-0.2, 0) is 14.2 Å². The lowest BCUT2D eigenvalue weighted by Gasteiger charge is -2.39. The number of aliphatic hydroxyl groups is 8. The lowest BCUT2D eigenvalue weighted by atomic mass is 9.77. The van der Waals surface area contributed by atoms with Gasteiger partial charge in [0.25, 0.3) is 0 Å². The molecule has 530 valence electrons. The number of alkyl carbamates (subject to hydrolysis) is 2. The molecule has 3 saturated carbocycles. The number of hydrogen-bond acceptors (Lipinski definition) is 19. The smallest absolute Gasteiger partial charge is 0.410 e. The number of carbonyl (C=O) groups is 3. The van der Waals surface area contributed by atoms with Gasteiger partial charge in [0.2, 0.25) is 0 Å². The number of β-amino-alcohol motifs (C(OH)–C–C–N with tert-alkyl or cyclic N) is 1. The molecule has 4 aliphatic heterocycles. The highest BCUT2D eigenvalue weighted by molar-refractivity contribution is 5.68. The Balaban J connectivity index is 0.00000100. The average Bonchev–Trinajstić information content (AvgIpc) is 2.67. The lowest BCUT2D eigenvalue weighted by Crippen LogP contribution is -2.46. The van der Waals surface area contributed by atoms with Crippen molar-refractivity contribution in [2.24, 2.45) is 23.7 Å². The third-order valence-electron chi connectivity index (χ3n) is 17.2. The van der Waals surface area contributed by atoms with Gasteiger partial charge in [-0.15, -0.1) is 0 Å². The highest BCUT2D eigenvalue weighted by Crippen LogP contribution is 2.32. The number of likely N-dealkylation sites (N-methyl/N-ethyl adjacent to an activating group) is 3. The molecule has 10 N–H and O–H groups in total. The first kappa shape index (κ1) is 86.3. The second-order valence-corrected chi connectivity index (χ2v) is 29.4. The second kappa shape index (κ2) is 46.4. The first-order chi connectivity index (χ1) is 41.5. The number of hydrogen-bond donors (Lipinski definition) is 10. The van der Waals surface area contributed by atoms with E-state index in [0.717, 1.165) is 77.0 Å². The molecule has 3 aliphatic carbocycles. The van der Waals surface area contributed by atoms with Gasteiger partial charge in [0.05, 0.1) is 37.6 Å². The Hall–Kier alpha value is -2.71. The Morgan fingerprint density at radius 2 is 0.933 bits per heavy atom. The van der Waals surface area contributed by atoms with Gasteiger partial charge in [-0.1, -0.05) is 46.0 Å². The van der Waals surface area contributed by atoms with Crippen molar-refractivity contribution < 1.29 is 69.4 Å². The van der Waals surface area contributed by atoms with Crippen molar-refractivity contribution in [2.45, 2.75) is 264 Å². The summed E-state index contributed by atoms with van der Waals surface area (Å²) in [6.45, 7) is 28.4. The van der Waals surface area contributed by atoms with Crippen LogP contribution in [0.15, 0.2) is 0 Å². The Labute approximate surface area is 541 Å². The minimum absolute atomic E-state index is 0.0220. The number of nitrogens with one attached hydrogen (secondary N) is 2. The third kappa shape index (κ3) is 41.6. The second-order valence-electron chi connectivity index (χ2n) is 29.4. The first-order valence-electron chi connectivity index (χ1n) is 34.0. The maximum Gasteiger partial charge on any atom is 0.410 e. The molecule has 0 bridgehead atoms. The van der Waals surface area contributed by atoms with Crippen molar-refractivity contribution in [3.05, 3.63) is 0 Å². The number of rotatable bonds is 10. The van der Waals surface area contributed by atoms with Gasteiger partial charge in [-0.3, -0.25) is 0 Å². The number of aliphatic hydroxyl groups excluding tert-OH is 8. The summed E-state index contributed by atoms with van der Waals surface area (Å²) in [5, 5.41) is 78.0. The minimum Gasteiger partial charge on any atom is -0.444 e. The van der Waals surface area contributed by atoms with Crippen LogP contribution in [0, 0.1) is 23.7 Å². The van der Waals surface area contributed by atoms with Gasteiger partial charge in [-0.25, -0.2) is 14.4 Å². The van der Waals surface area contributed by atoms with Crippen LogP contribution < -0.4 is 10.6 Å². The van der Waals surface area contributed by atoms with Crippen LogP contribution in [0.1, 0.15) is 198 Å². The third-order valence-corrected chi connectivity index (χ3v) is 17.2. The zero-order valence-electron chi connectivity index (χ0n) is 59.6. The number of piperidine rings is 2. The summed E-state index contributed by atoms with van der Waals surface area (Å²) in [5.74, 6) is 2.07. The van der Waals surface area contributed by atoms with Gasteiger partial charge in [0, 0.05) is 82.6 Å². The zero-order chi connectivity index (χ0) is 68.1. The van der Waals surface area contributed by atoms with E-state index < -0.39 is 29.0 Å². The molecule has 0 spiro atoms. The zero-order valence-corrected chi connectivity index (χ0v) is 59.6. The van der Waals surface area contributed by atoms with Crippen LogP contribution in [0.4, 0.5) is 14.4 Å². The summed E-state index contributed by atoms with van der Waals surface area (Å²) >= 11 is 0. The summed E-state index contributed by atoms with van der Waals surface area (Å²) in [4.78, 5) is 46.4. The molecule has 3 amide bonds. The van der Waals surface area contributed by atoms with E-state index in [1.54, 1.807) is 20.8 Å². The fraction of sp³-hybridized carbons (Fsp3) is 0.955.